The van der Waals surface area contributed by atoms with Gasteiger partial charge in [-0.2, -0.15) is 0 Å². The third-order valence-corrected chi connectivity index (χ3v) is 2.58. The van der Waals surface area contributed by atoms with Crippen LogP contribution in [0.4, 0.5) is 5.69 Å². The highest BCUT2D eigenvalue weighted by Crippen LogP contribution is 2.22. The zero-order valence-electron chi connectivity index (χ0n) is 10.6. The van der Waals surface area contributed by atoms with Crippen LogP contribution in [0.25, 0.3) is 10.8 Å². The van der Waals surface area contributed by atoms with Crippen LogP contribution in [-0.2, 0) is 9.53 Å². The lowest BCUT2D eigenvalue weighted by atomic mass is 10.1. The monoisotopic (exact) mass is 243 g/mol. The quantitative estimate of drug-likeness (QED) is 0.838. The predicted octanol–water partition coefficient (Wildman–Crippen LogP) is 3.20. The fourth-order valence-electron chi connectivity index (χ4n) is 1.85. The molecule has 0 spiro atoms. The molecule has 0 heterocycles. The first-order valence-electron chi connectivity index (χ1n) is 6.08. The highest BCUT2D eigenvalue weighted by atomic mass is 16.5. The van der Waals surface area contributed by atoms with Gasteiger partial charge >= 0.3 is 5.97 Å². The molecule has 3 heteroatoms. The summed E-state index contributed by atoms with van der Waals surface area (Å²) in [5.74, 6) is -0.238. The Labute approximate surface area is 107 Å². The number of esters is 1. The Morgan fingerprint density at radius 1 is 1.17 bits per heavy atom. The number of carbonyl (C=O) groups is 1. The minimum absolute atomic E-state index is 0.0770. The molecular formula is C15H17NO2. The number of nitrogens with one attached hydrogen (secondary N) is 1. The topological polar surface area (TPSA) is 38.3 Å². The molecule has 0 atom stereocenters. The van der Waals surface area contributed by atoms with E-state index in [2.05, 4.69) is 5.32 Å². The number of carbonyl (C=O) groups excluding carboxylic acids is 1. The van der Waals surface area contributed by atoms with E-state index in [-0.39, 0.29) is 18.6 Å². The Morgan fingerprint density at radius 2 is 1.89 bits per heavy atom. The summed E-state index contributed by atoms with van der Waals surface area (Å²) < 4.78 is 5.08. The highest BCUT2D eigenvalue weighted by molar-refractivity contribution is 5.94. The zero-order chi connectivity index (χ0) is 13.0. The number of hydrogen-bond donors (Lipinski definition) is 1. The maximum absolute atomic E-state index is 11.5. The van der Waals surface area contributed by atoms with E-state index in [1.807, 2.05) is 56.3 Å². The molecule has 0 aliphatic carbocycles. The lowest BCUT2D eigenvalue weighted by Gasteiger charge is -2.11. The molecule has 0 aliphatic rings. The molecule has 3 nitrogen and oxygen atoms in total. The molecule has 0 saturated carbocycles. The van der Waals surface area contributed by atoms with Crippen LogP contribution in [0.1, 0.15) is 13.8 Å². The Balaban J connectivity index is 2.10. The standard InChI is InChI=1S/C15H17NO2/c1-11(2)18-15(17)10-16-14-9-5-7-12-6-3-4-8-13(12)14/h3-9,11,16H,10H2,1-2H3. The van der Waals surface area contributed by atoms with Crippen molar-refractivity contribution in [1.82, 2.24) is 0 Å². The van der Waals surface area contributed by atoms with Crippen molar-refractivity contribution in [3.63, 3.8) is 0 Å². The van der Waals surface area contributed by atoms with Gasteiger partial charge < -0.3 is 10.1 Å². The van der Waals surface area contributed by atoms with Crippen molar-refractivity contribution in [1.29, 1.82) is 0 Å². The first kappa shape index (κ1) is 12.4. The molecule has 1 N–H and O–H groups in total. The highest BCUT2D eigenvalue weighted by Gasteiger charge is 2.06. The third-order valence-electron chi connectivity index (χ3n) is 2.58. The Hall–Kier alpha value is -2.03. The van der Waals surface area contributed by atoms with Crippen molar-refractivity contribution < 1.29 is 9.53 Å². The average Bonchev–Trinajstić information content (AvgIpc) is 2.35. The summed E-state index contributed by atoms with van der Waals surface area (Å²) in [5, 5.41) is 5.38. The molecule has 0 unspecified atom stereocenters. The second-order valence-electron chi connectivity index (χ2n) is 4.42. The Kier molecular flexibility index (Phi) is 3.82. The second-order valence-corrected chi connectivity index (χ2v) is 4.42. The van der Waals surface area contributed by atoms with Crippen molar-refractivity contribution in [3.8, 4) is 0 Å². The Morgan fingerprint density at radius 3 is 2.67 bits per heavy atom. The number of hydrogen-bond acceptors (Lipinski definition) is 3. The molecule has 0 radical (unpaired) electrons. The molecule has 2 aromatic rings. The molecule has 18 heavy (non-hydrogen) atoms. The third kappa shape index (κ3) is 3.00. The van der Waals surface area contributed by atoms with E-state index in [1.165, 1.54) is 0 Å². The van der Waals surface area contributed by atoms with E-state index >= 15 is 0 Å². The summed E-state index contributed by atoms with van der Waals surface area (Å²) in [6.45, 7) is 3.87. The molecule has 0 bridgehead atoms. The SMILES string of the molecule is CC(C)OC(=O)CNc1cccc2ccccc12. The van der Waals surface area contributed by atoms with Crippen molar-refractivity contribution in [2.24, 2.45) is 0 Å². The van der Waals surface area contributed by atoms with E-state index in [4.69, 9.17) is 4.74 Å². The second kappa shape index (κ2) is 5.54. The molecule has 0 fully saturated rings. The van der Waals surface area contributed by atoms with Gasteiger partial charge in [-0.25, -0.2) is 0 Å². The predicted molar refractivity (Wildman–Crippen MR) is 73.7 cm³/mol. The number of benzene rings is 2. The van der Waals surface area contributed by atoms with Crippen LogP contribution in [0.2, 0.25) is 0 Å². The number of rotatable bonds is 4. The Bertz CT molecular complexity index is 544. The lowest BCUT2D eigenvalue weighted by Crippen LogP contribution is -2.20. The lowest BCUT2D eigenvalue weighted by molar-refractivity contribution is -0.145. The van der Waals surface area contributed by atoms with Crippen molar-refractivity contribution >= 4 is 22.4 Å². The smallest absolute Gasteiger partial charge is 0.325 e. The van der Waals surface area contributed by atoms with E-state index in [1.54, 1.807) is 0 Å². The summed E-state index contributed by atoms with van der Waals surface area (Å²) in [4.78, 5) is 11.5. The fourth-order valence-corrected chi connectivity index (χ4v) is 1.85. The van der Waals surface area contributed by atoms with Gasteiger partial charge in [0.05, 0.1) is 6.10 Å². The molecule has 0 saturated heterocycles. The van der Waals surface area contributed by atoms with Gasteiger partial charge in [0.25, 0.3) is 0 Å². The first-order chi connectivity index (χ1) is 8.66. The maximum Gasteiger partial charge on any atom is 0.325 e. The van der Waals surface area contributed by atoms with Gasteiger partial charge in [0.2, 0.25) is 0 Å². The molecule has 94 valence electrons. The summed E-state index contributed by atoms with van der Waals surface area (Å²) >= 11 is 0. The molecule has 2 rings (SSSR count). The van der Waals surface area contributed by atoms with E-state index in [9.17, 15) is 4.79 Å². The van der Waals surface area contributed by atoms with E-state index < -0.39 is 0 Å². The van der Waals surface area contributed by atoms with Crippen LogP contribution < -0.4 is 5.32 Å². The number of fused-ring (bicyclic) bond motifs is 1. The van der Waals surface area contributed by atoms with Crippen LogP contribution >= 0.6 is 0 Å². The minimum atomic E-state index is -0.238. The van der Waals surface area contributed by atoms with Crippen LogP contribution in [0, 0.1) is 0 Å². The summed E-state index contributed by atoms with van der Waals surface area (Å²) in [5.41, 5.74) is 0.953. The van der Waals surface area contributed by atoms with Gasteiger partial charge in [-0.3, -0.25) is 4.79 Å². The average molecular weight is 243 g/mol. The minimum Gasteiger partial charge on any atom is -0.462 e. The number of ether oxygens (including phenoxy) is 1. The van der Waals surface area contributed by atoms with Gasteiger partial charge in [-0.15, -0.1) is 0 Å². The zero-order valence-corrected chi connectivity index (χ0v) is 10.6. The van der Waals surface area contributed by atoms with Gasteiger partial charge in [0.1, 0.15) is 6.54 Å². The molecule has 0 amide bonds. The number of anilines is 1. The van der Waals surface area contributed by atoms with E-state index in [0.717, 1.165) is 16.5 Å². The van der Waals surface area contributed by atoms with Gasteiger partial charge in [-0.05, 0) is 25.3 Å². The van der Waals surface area contributed by atoms with Gasteiger partial charge in [0.15, 0.2) is 0 Å². The van der Waals surface area contributed by atoms with Crippen molar-refractivity contribution in [2.45, 2.75) is 20.0 Å². The summed E-state index contributed by atoms with van der Waals surface area (Å²) in [6, 6.07) is 14.0. The first-order valence-corrected chi connectivity index (χ1v) is 6.08. The largest absolute Gasteiger partial charge is 0.462 e. The van der Waals surface area contributed by atoms with E-state index in [0.29, 0.717) is 0 Å². The summed E-state index contributed by atoms with van der Waals surface area (Å²) in [6.07, 6.45) is -0.0770. The normalized spacial score (nSPS) is 10.6. The molecule has 2 aromatic carbocycles. The van der Waals surface area contributed by atoms with Gasteiger partial charge in [-0.1, -0.05) is 36.4 Å². The molecular weight excluding hydrogens is 226 g/mol. The van der Waals surface area contributed by atoms with Crippen LogP contribution in [0.5, 0.6) is 0 Å². The van der Waals surface area contributed by atoms with Crippen LogP contribution in [-0.4, -0.2) is 18.6 Å². The fraction of sp³-hybridized carbons (Fsp3) is 0.267. The molecule has 0 aromatic heterocycles. The van der Waals surface area contributed by atoms with Crippen molar-refractivity contribution in [2.75, 3.05) is 11.9 Å². The molecule has 0 aliphatic heterocycles. The van der Waals surface area contributed by atoms with Crippen LogP contribution in [0.3, 0.4) is 0 Å². The van der Waals surface area contributed by atoms with Crippen molar-refractivity contribution in [3.05, 3.63) is 42.5 Å². The van der Waals surface area contributed by atoms with Gasteiger partial charge in [0, 0.05) is 11.1 Å². The summed E-state index contributed by atoms with van der Waals surface area (Å²) in [7, 11) is 0. The van der Waals surface area contributed by atoms with Crippen LogP contribution in [0.15, 0.2) is 42.5 Å². The maximum atomic E-state index is 11.5.